The molecule has 1 amide bonds. The van der Waals surface area contributed by atoms with E-state index in [2.05, 4.69) is 15.3 Å². The first-order valence-corrected chi connectivity index (χ1v) is 8.15. The number of hydrogen-bond acceptors (Lipinski definition) is 4. The average Bonchev–Trinajstić information content (AvgIpc) is 2.61. The van der Waals surface area contributed by atoms with E-state index in [-0.39, 0.29) is 17.9 Å². The Labute approximate surface area is 150 Å². The molecule has 0 aliphatic carbocycles. The summed E-state index contributed by atoms with van der Waals surface area (Å²) >= 11 is 0. The van der Waals surface area contributed by atoms with E-state index in [0.717, 1.165) is 11.1 Å². The van der Waals surface area contributed by atoms with Crippen LogP contribution in [0.3, 0.4) is 0 Å². The van der Waals surface area contributed by atoms with Gasteiger partial charge in [-0.2, -0.15) is 0 Å². The Morgan fingerprint density at radius 2 is 1.96 bits per heavy atom. The van der Waals surface area contributed by atoms with Gasteiger partial charge in [0.15, 0.2) is 0 Å². The van der Waals surface area contributed by atoms with Crippen LogP contribution in [0, 0.1) is 6.92 Å². The number of aromatic nitrogens is 2. The van der Waals surface area contributed by atoms with Gasteiger partial charge in [0.25, 0.3) is 5.56 Å². The van der Waals surface area contributed by atoms with Crippen molar-refractivity contribution in [1.82, 2.24) is 9.97 Å². The largest absolute Gasteiger partial charge is 0.496 e. The predicted molar refractivity (Wildman–Crippen MR) is 100 cm³/mol. The highest BCUT2D eigenvalue weighted by molar-refractivity contribution is 5.93. The van der Waals surface area contributed by atoms with E-state index in [1.54, 1.807) is 32.2 Å². The second kappa shape index (κ2) is 7.65. The van der Waals surface area contributed by atoms with Crippen molar-refractivity contribution in [2.45, 2.75) is 13.3 Å². The molecule has 3 rings (SSSR count). The summed E-state index contributed by atoms with van der Waals surface area (Å²) in [5.41, 5.74) is 2.59. The second-order valence-corrected chi connectivity index (χ2v) is 5.85. The number of carbonyl (C=O) groups excluding carboxylic acids is 1. The summed E-state index contributed by atoms with van der Waals surface area (Å²) in [4.78, 5) is 31.0. The normalized spacial score (nSPS) is 10.4. The Bertz CT molecular complexity index is 995. The van der Waals surface area contributed by atoms with Crippen molar-refractivity contribution in [2.24, 2.45) is 0 Å². The van der Waals surface area contributed by atoms with Crippen LogP contribution in [0.25, 0.3) is 11.4 Å². The molecule has 0 bridgehead atoms. The monoisotopic (exact) mass is 349 g/mol. The Morgan fingerprint density at radius 1 is 1.15 bits per heavy atom. The van der Waals surface area contributed by atoms with Gasteiger partial charge >= 0.3 is 0 Å². The molecule has 0 saturated heterocycles. The van der Waals surface area contributed by atoms with Gasteiger partial charge in [-0.3, -0.25) is 9.59 Å². The summed E-state index contributed by atoms with van der Waals surface area (Å²) in [6.45, 7) is 1.76. The number of amides is 1. The quantitative estimate of drug-likeness (QED) is 0.742. The minimum Gasteiger partial charge on any atom is -0.496 e. The van der Waals surface area contributed by atoms with E-state index in [1.807, 2.05) is 30.3 Å². The third-order valence-corrected chi connectivity index (χ3v) is 3.83. The lowest BCUT2D eigenvalue weighted by molar-refractivity contribution is -0.115. The van der Waals surface area contributed by atoms with Gasteiger partial charge in [0.1, 0.15) is 11.6 Å². The number of hydrogen-bond donors (Lipinski definition) is 2. The Kier molecular flexibility index (Phi) is 5.12. The number of rotatable bonds is 5. The van der Waals surface area contributed by atoms with E-state index in [0.29, 0.717) is 23.0 Å². The number of aryl methyl sites for hydroxylation is 1. The molecular formula is C20H19N3O3. The molecule has 0 radical (unpaired) electrons. The molecule has 2 aromatic carbocycles. The molecule has 0 unspecified atom stereocenters. The number of ether oxygens (including phenoxy) is 1. The van der Waals surface area contributed by atoms with Crippen LogP contribution < -0.4 is 15.6 Å². The smallest absolute Gasteiger partial charge is 0.251 e. The number of nitrogens with one attached hydrogen (secondary N) is 2. The third-order valence-electron chi connectivity index (χ3n) is 3.83. The van der Waals surface area contributed by atoms with Gasteiger partial charge in [0.05, 0.1) is 13.5 Å². The summed E-state index contributed by atoms with van der Waals surface area (Å²) in [6.07, 6.45) is 0.202. The number of methoxy groups -OCH3 is 1. The van der Waals surface area contributed by atoms with Crippen LogP contribution in [0.2, 0.25) is 0 Å². The molecule has 2 N–H and O–H groups in total. The van der Waals surface area contributed by atoms with Gasteiger partial charge < -0.3 is 15.0 Å². The highest BCUT2D eigenvalue weighted by atomic mass is 16.5. The maximum Gasteiger partial charge on any atom is 0.251 e. The molecule has 132 valence electrons. The molecule has 1 aromatic heterocycles. The fraction of sp³-hybridized carbons (Fsp3) is 0.150. The van der Waals surface area contributed by atoms with Crippen molar-refractivity contribution in [3.8, 4) is 17.1 Å². The minimum absolute atomic E-state index is 0.155. The first-order chi connectivity index (χ1) is 12.5. The Hall–Kier alpha value is -3.41. The highest BCUT2D eigenvalue weighted by Crippen LogP contribution is 2.21. The lowest BCUT2D eigenvalue weighted by atomic mass is 10.1. The standard InChI is InChI=1S/C20H19N3O3/c1-13-10-18(24)23-20(21-13)15-7-5-8-16(11-15)22-19(25)12-14-6-3-4-9-17(14)26-2/h3-11H,12H2,1-2H3,(H,22,25)(H,21,23,24). The Morgan fingerprint density at radius 3 is 2.73 bits per heavy atom. The van der Waals surface area contributed by atoms with E-state index in [4.69, 9.17) is 4.74 Å². The van der Waals surface area contributed by atoms with Gasteiger partial charge in [0, 0.05) is 28.6 Å². The fourth-order valence-electron chi connectivity index (χ4n) is 2.69. The van der Waals surface area contributed by atoms with Crippen molar-refractivity contribution in [3.05, 3.63) is 76.2 Å². The molecule has 0 saturated carbocycles. The van der Waals surface area contributed by atoms with E-state index in [9.17, 15) is 9.59 Å². The zero-order valence-corrected chi connectivity index (χ0v) is 14.6. The molecule has 1 heterocycles. The molecular weight excluding hydrogens is 330 g/mol. The van der Waals surface area contributed by atoms with Crippen LogP contribution in [0.1, 0.15) is 11.3 Å². The van der Waals surface area contributed by atoms with Crippen molar-refractivity contribution < 1.29 is 9.53 Å². The molecule has 0 aliphatic rings. The van der Waals surface area contributed by atoms with Gasteiger partial charge in [-0.15, -0.1) is 0 Å². The molecule has 6 heteroatoms. The van der Waals surface area contributed by atoms with Crippen molar-refractivity contribution in [2.75, 3.05) is 12.4 Å². The van der Waals surface area contributed by atoms with Crippen LogP contribution in [0.5, 0.6) is 5.75 Å². The van der Waals surface area contributed by atoms with Crippen LogP contribution in [-0.2, 0) is 11.2 Å². The molecule has 0 fully saturated rings. The molecule has 3 aromatic rings. The van der Waals surface area contributed by atoms with Crippen molar-refractivity contribution in [3.63, 3.8) is 0 Å². The SMILES string of the molecule is COc1ccccc1CC(=O)Nc1cccc(-c2nc(C)cc(=O)[nH]2)c1. The maximum atomic E-state index is 12.4. The van der Waals surface area contributed by atoms with E-state index in [1.165, 1.54) is 6.07 Å². The minimum atomic E-state index is -0.210. The molecule has 0 spiro atoms. The van der Waals surface area contributed by atoms with Gasteiger partial charge in [-0.05, 0) is 25.1 Å². The lowest BCUT2D eigenvalue weighted by Gasteiger charge is -2.10. The molecule has 26 heavy (non-hydrogen) atoms. The maximum absolute atomic E-state index is 12.4. The van der Waals surface area contributed by atoms with Gasteiger partial charge in [0.2, 0.25) is 5.91 Å². The second-order valence-electron chi connectivity index (χ2n) is 5.85. The highest BCUT2D eigenvalue weighted by Gasteiger charge is 2.10. The number of H-pyrrole nitrogens is 1. The number of benzene rings is 2. The summed E-state index contributed by atoms with van der Waals surface area (Å²) in [5.74, 6) is 0.992. The summed E-state index contributed by atoms with van der Waals surface area (Å²) in [5, 5.41) is 2.87. The molecule has 0 atom stereocenters. The van der Waals surface area contributed by atoms with Gasteiger partial charge in [-0.1, -0.05) is 30.3 Å². The van der Waals surface area contributed by atoms with Crippen LogP contribution in [0.4, 0.5) is 5.69 Å². The number of para-hydroxylation sites is 1. The first kappa shape index (κ1) is 17.4. The number of anilines is 1. The zero-order valence-electron chi connectivity index (χ0n) is 14.6. The van der Waals surface area contributed by atoms with Crippen molar-refractivity contribution >= 4 is 11.6 Å². The van der Waals surface area contributed by atoms with E-state index < -0.39 is 0 Å². The summed E-state index contributed by atoms with van der Waals surface area (Å²) < 4.78 is 5.27. The predicted octanol–water partition coefficient (Wildman–Crippen LogP) is 2.94. The topological polar surface area (TPSA) is 84.1 Å². The lowest BCUT2D eigenvalue weighted by Crippen LogP contribution is -2.15. The molecule has 0 aliphatic heterocycles. The van der Waals surface area contributed by atoms with Crippen LogP contribution in [0.15, 0.2) is 59.4 Å². The molecule has 6 nitrogen and oxygen atoms in total. The fourth-order valence-corrected chi connectivity index (χ4v) is 2.69. The summed E-state index contributed by atoms with van der Waals surface area (Å²) in [6, 6.07) is 16.0. The number of aromatic amines is 1. The third kappa shape index (κ3) is 4.16. The Balaban J connectivity index is 1.78. The van der Waals surface area contributed by atoms with Gasteiger partial charge in [-0.25, -0.2) is 4.98 Å². The summed E-state index contributed by atoms with van der Waals surface area (Å²) in [7, 11) is 1.58. The van der Waals surface area contributed by atoms with Crippen LogP contribution in [-0.4, -0.2) is 23.0 Å². The first-order valence-electron chi connectivity index (χ1n) is 8.15. The zero-order chi connectivity index (χ0) is 18.5. The number of nitrogens with zero attached hydrogens (tertiary/aromatic N) is 1. The average molecular weight is 349 g/mol. The van der Waals surface area contributed by atoms with Crippen LogP contribution >= 0.6 is 0 Å². The number of carbonyl (C=O) groups is 1. The van der Waals surface area contributed by atoms with Crippen molar-refractivity contribution in [1.29, 1.82) is 0 Å². The van der Waals surface area contributed by atoms with E-state index >= 15 is 0 Å².